The second-order valence-electron chi connectivity index (χ2n) is 5.01. The van der Waals surface area contributed by atoms with Gasteiger partial charge >= 0.3 is 0 Å². The Labute approximate surface area is 99.3 Å². The van der Waals surface area contributed by atoms with E-state index in [2.05, 4.69) is 37.4 Å². The quantitative estimate of drug-likeness (QED) is 0.820. The van der Waals surface area contributed by atoms with E-state index in [0.29, 0.717) is 0 Å². The van der Waals surface area contributed by atoms with E-state index in [1.54, 1.807) is 5.56 Å². The van der Waals surface area contributed by atoms with E-state index in [4.69, 9.17) is 0 Å². The first-order chi connectivity index (χ1) is 7.79. The molecule has 88 valence electrons. The first-order valence-electron chi connectivity index (χ1n) is 6.58. The Kier molecular flexibility index (Phi) is 4.00. The van der Waals surface area contributed by atoms with Crippen LogP contribution in [-0.2, 0) is 12.8 Å². The fourth-order valence-electron chi connectivity index (χ4n) is 2.56. The molecule has 1 heteroatoms. The van der Waals surface area contributed by atoms with Crippen molar-refractivity contribution in [3.05, 3.63) is 34.9 Å². The van der Waals surface area contributed by atoms with Gasteiger partial charge in [-0.3, -0.25) is 0 Å². The highest BCUT2D eigenvalue weighted by atomic mass is 14.9. The minimum absolute atomic E-state index is 0.895. The molecule has 1 heterocycles. The van der Waals surface area contributed by atoms with Crippen LogP contribution < -0.4 is 5.32 Å². The Bertz CT molecular complexity index is 337. The van der Waals surface area contributed by atoms with Gasteiger partial charge in [-0.2, -0.15) is 0 Å². The zero-order valence-electron chi connectivity index (χ0n) is 10.6. The Morgan fingerprint density at radius 3 is 2.69 bits per heavy atom. The first-order valence-corrected chi connectivity index (χ1v) is 6.58. The molecule has 0 atom stereocenters. The second-order valence-corrected chi connectivity index (χ2v) is 5.01. The maximum absolute atomic E-state index is 3.44. The predicted octanol–water partition coefficient (Wildman–Crippen LogP) is 3.10. The summed E-state index contributed by atoms with van der Waals surface area (Å²) in [7, 11) is 0. The first kappa shape index (κ1) is 11.7. The number of nitrogens with one attached hydrogen (secondary N) is 1. The Hall–Kier alpha value is -0.820. The highest BCUT2D eigenvalue weighted by Gasteiger charge is 2.14. The SMILES string of the molecule is CCc1ccc(C)c(CC2CCNCC2)c1. The summed E-state index contributed by atoms with van der Waals surface area (Å²) in [6.07, 6.45) is 5.12. The molecule has 2 rings (SSSR count). The largest absolute Gasteiger partial charge is 0.317 e. The minimum Gasteiger partial charge on any atom is -0.317 e. The van der Waals surface area contributed by atoms with E-state index in [-0.39, 0.29) is 0 Å². The van der Waals surface area contributed by atoms with E-state index in [0.717, 1.165) is 12.3 Å². The summed E-state index contributed by atoms with van der Waals surface area (Å²) in [4.78, 5) is 0. The van der Waals surface area contributed by atoms with Crippen molar-refractivity contribution in [3.63, 3.8) is 0 Å². The summed E-state index contributed by atoms with van der Waals surface area (Å²) in [5.74, 6) is 0.895. The molecule has 0 radical (unpaired) electrons. The van der Waals surface area contributed by atoms with Crippen LogP contribution in [0.2, 0.25) is 0 Å². The van der Waals surface area contributed by atoms with Crippen molar-refractivity contribution in [1.82, 2.24) is 5.32 Å². The molecule has 0 unspecified atom stereocenters. The lowest BCUT2D eigenvalue weighted by Gasteiger charge is -2.23. The maximum atomic E-state index is 3.44. The fourth-order valence-corrected chi connectivity index (χ4v) is 2.56. The Morgan fingerprint density at radius 1 is 1.25 bits per heavy atom. The predicted molar refractivity (Wildman–Crippen MR) is 69.9 cm³/mol. The van der Waals surface area contributed by atoms with E-state index >= 15 is 0 Å². The van der Waals surface area contributed by atoms with E-state index in [1.165, 1.54) is 43.5 Å². The summed E-state index contributed by atoms with van der Waals surface area (Å²) in [5, 5.41) is 3.44. The molecule has 0 aromatic heterocycles. The van der Waals surface area contributed by atoms with Gasteiger partial charge in [0.1, 0.15) is 0 Å². The minimum atomic E-state index is 0.895. The van der Waals surface area contributed by atoms with Gasteiger partial charge in [0.25, 0.3) is 0 Å². The third-order valence-electron chi connectivity index (χ3n) is 3.79. The summed E-state index contributed by atoms with van der Waals surface area (Å²) < 4.78 is 0. The number of hydrogen-bond acceptors (Lipinski definition) is 1. The van der Waals surface area contributed by atoms with Crippen LogP contribution in [0, 0.1) is 12.8 Å². The van der Waals surface area contributed by atoms with Crippen LogP contribution in [0.3, 0.4) is 0 Å². The molecule has 1 aromatic carbocycles. The normalized spacial score (nSPS) is 17.6. The van der Waals surface area contributed by atoms with Gasteiger partial charge in [0.15, 0.2) is 0 Å². The molecule has 1 aliphatic heterocycles. The molecule has 0 amide bonds. The molecule has 0 saturated carbocycles. The highest BCUT2D eigenvalue weighted by Crippen LogP contribution is 2.21. The van der Waals surface area contributed by atoms with Crippen LogP contribution >= 0.6 is 0 Å². The van der Waals surface area contributed by atoms with Gasteiger partial charge in [-0.05, 0) is 68.3 Å². The number of rotatable bonds is 3. The molecular formula is C15H23N. The lowest BCUT2D eigenvalue weighted by Crippen LogP contribution is -2.28. The third-order valence-corrected chi connectivity index (χ3v) is 3.79. The van der Waals surface area contributed by atoms with Crippen molar-refractivity contribution < 1.29 is 0 Å². The fraction of sp³-hybridized carbons (Fsp3) is 0.600. The van der Waals surface area contributed by atoms with Gasteiger partial charge in [0.2, 0.25) is 0 Å². The maximum Gasteiger partial charge on any atom is -0.00462 e. The summed E-state index contributed by atoms with van der Waals surface area (Å²) in [6, 6.07) is 6.97. The van der Waals surface area contributed by atoms with Gasteiger partial charge < -0.3 is 5.32 Å². The molecule has 1 nitrogen and oxygen atoms in total. The smallest absolute Gasteiger partial charge is 0.00462 e. The zero-order valence-corrected chi connectivity index (χ0v) is 10.6. The molecule has 0 bridgehead atoms. The van der Waals surface area contributed by atoms with E-state index < -0.39 is 0 Å². The van der Waals surface area contributed by atoms with Crippen molar-refractivity contribution in [1.29, 1.82) is 0 Å². The lowest BCUT2D eigenvalue weighted by molar-refractivity contribution is 0.372. The third kappa shape index (κ3) is 2.85. The number of aryl methyl sites for hydroxylation is 2. The number of benzene rings is 1. The molecule has 1 aliphatic rings. The summed E-state index contributed by atoms with van der Waals surface area (Å²) in [5.41, 5.74) is 4.52. The molecule has 0 spiro atoms. The highest BCUT2D eigenvalue weighted by molar-refractivity contribution is 5.31. The van der Waals surface area contributed by atoms with Crippen LogP contribution in [0.5, 0.6) is 0 Å². The van der Waals surface area contributed by atoms with Crippen molar-refractivity contribution in [3.8, 4) is 0 Å². The molecule has 16 heavy (non-hydrogen) atoms. The van der Waals surface area contributed by atoms with Gasteiger partial charge in [0, 0.05) is 0 Å². The molecule has 1 saturated heterocycles. The lowest BCUT2D eigenvalue weighted by atomic mass is 9.88. The second kappa shape index (κ2) is 5.49. The van der Waals surface area contributed by atoms with Crippen molar-refractivity contribution >= 4 is 0 Å². The zero-order chi connectivity index (χ0) is 11.4. The number of piperidine rings is 1. The van der Waals surface area contributed by atoms with Crippen LogP contribution in [0.1, 0.15) is 36.5 Å². The van der Waals surface area contributed by atoms with Gasteiger partial charge in [-0.1, -0.05) is 25.1 Å². The van der Waals surface area contributed by atoms with Crippen molar-refractivity contribution in [2.75, 3.05) is 13.1 Å². The van der Waals surface area contributed by atoms with Crippen LogP contribution in [0.25, 0.3) is 0 Å². The summed E-state index contributed by atoms with van der Waals surface area (Å²) >= 11 is 0. The van der Waals surface area contributed by atoms with Gasteiger partial charge in [-0.25, -0.2) is 0 Å². The molecule has 0 aliphatic carbocycles. The average Bonchev–Trinajstić information content (AvgIpc) is 2.33. The summed E-state index contributed by atoms with van der Waals surface area (Å²) in [6.45, 7) is 6.89. The van der Waals surface area contributed by atoms with Gasteiger partial charge in [-0.15, -0.1) is 0 Å². The van der Waals surface area contributed by atoms with Crippen LogP contribution in [0.4, 0.5) is 0 Å². The van der Waals surface area contributed by atoms with Crippen molar-refractivity contribution in [2.24, 2.45) is 5.92 Å². The molecule has 1 N–H and O–H groups in total. The number of hydrogen-bond donors (Lipinski definition) is 1. The van der Waals surface area contributed by atoms with Crippen LogP contribution in [-0.4, -0.2) is 13.1 Å². The Balaban J connectivity index is 2.06. The average molecular weight is 217 g/mol. The van der Waals surface area contributed by atoms with Gasteiger partial charge in [0.05, 0.1) is 0 Å². The topological polar surface area (TPSA) is 12.0 Å². The molecule has 1 fully saturated rings. The van der Waals surface area contributed by atoms with Crippen LogP contribution in [0.15, 0.2) is 18.2 Å². The standard InChI is InChI=1S/C15H23N/c1-3-13-5-4-12(2)15(10-13)11-14-6-8-16-9-7-14/h4-5,10,14,16H,3,6-9,11H2,1-2H3. The Morgan fingerprint density at radius 2 is 2.00 bits per heavy atom. The molecular weight excluding hydrogens is 194 g/mol. The monoisotopic (exact) mass is 217 g/mol. The van der Waals surface area contributed by atoms with E-state index in [9.17, 15) is 0 Å². The van der Waals surface area contributed by atoms with E-state index in [1.807, 2.05) is 0 Å². The molecule has 1 aromatic rings. The van der Waals surface area contributed by atoms with Crippen molar-refractivity contribution in [2.45, 2.75) is 39.5 Å².